The van der Waals surface area contributed by atoms with Gasteiger partial charge in [0.05, 0.1) is 45.0 Å². The number of hydrogen-bond acceptors (Lipinski definition) is 12. The fourth-order valence-electron chi connectivity index (χ4n) is 6.33. The van der Waals surface area contributed by atoms with E-state index in [2.05, 4.69) is 44.2 Å². The van der Waals surface area contributed by atoms with Gasteiger partial charge in [-0.05, 0) is 99.5 Å². The van der Waals surface area contributed by atoms with E-state index < -0.39 is 29.0 Å². The molecule has 14 nitrogen and oxygen atoms in total. The van der Waals surface area contributed by atoms with Gasteiger partial charge in [0, 0.05) is 5.41 Å². The Hall–Kier alpha value is -7.22. The summed E-state index contributed by atoms with van der Waals surface area (Å²) in [5, 5.41) is 15.9. The maximum absolute atomic E-state index is 13.2. The molecule has 0 aliphatic carbocycles. The van der Waals surface area contributed by atoms with Crippen LogP contribution in [0.4, 0.5) is 11.9 Å². The van der Waals surface area contributed by atoms with Crippen molar-refractivity contribution < 1.29 is 28.7 Å². The lowest BCUT2D eigenvalue weighted by Gasteiger charge is -2.26. The second-order valence-corrected chi connectivity index (χ2v) is 13.7. The molecule has 4 aromatic carbocycles. The van der Waals surface area contributed by atoms with Gasteiger partial charge < -0.3 is 9.47 Å². The average molecular weight is 733 g/mol. The van der Waals surface area contributed by atoms with Gasteiger partial charge in [-0.25, -0.2) is 19.8 Å². The van der Waals surface area contributed by atoms with E-state index in [0.29, 0.717) is 45.8 Å². The fraction of sp³-hybridized carbons (Fsp3) is 0.171. The average Bonchev–Trinajstić information content (AvgIpc) is 3.57. The van der Waals surface area contributed by atoms with Gasteiger partial charge in [0.25, 0.3) is 35.5 Å². The molecule has 0 bridgehead atoms. The third-order valence-corrected chi connectivity index (χ3v) is 9.90. The van der Waals surface area contributed by atoms with Crippen LogP contribution in [-0.4, -0.2) is 54.0 Å². The Labute approximate surface area is 314 Å². The molecule has 0 radical (unpaired) electrons. The van der Waals surface area contributed by atoms with Crippen LogP contribution in [0.2, 0.25) is 0 Å². The highest BCUT2D eigenvalue weighted by molar-refractivity contribution is 6.34. The van der Waals surface area contributed by atoms with Gasteiger partial charge in [0.15, 0.2) is 0 Å². The highest BCUT2D eigenvalue weighted by atomic mass is 16.5. The highest BCUT2D eigenvalue weighted by Crippen LogP contribution is 2.37. The van der Waals surface area contributed by atoms with Crippen molar-refractivity contribution in [2.45, 2.75) is 47.0 Å². The van der Waals surface area contributed by atoms with E-state index in [-0.39, 0.29) is 34.2 Å². The molecular weight excluding hydrogens is 701 g/mol. The van der Waals surface area contributed by atoms with Crippen LogP contribution < -0.4 is 19.3 Å². The minimum atomic E-state index is -0.545. The summed E-state index contributed by atoms with van der Waals surface area (Å²) in [5.74, 6) is -0.367. The van der Waals surface area contributed by atoms with E-state index in [4.69, 9.17) is 9.47 Å². The molecule has 4 amide bonds. The van der Waals surface area contributed by atoms with Crippen LogP contribution in [0.3, 0.4) is 0 Å². The number of nitrogens with zero attached hydrogens (tertiary/aromatic N) is 8. The predicted molar refractivity (Wildman–Crippen MR) is 199 cm³/mol. The molecule has 0 N–H and O–H groups in total. The van der Waals surface area contributed by atoms with Crippen molar-refractivity contribution in [3.63, 3.8) is 0 Å². The van der Waals surface area contributed by atoms with Crippen LogP contribution in [0.15, 0.2) is 84.9 Å². The van der Waals surface area contributed by atoms with Crippen LogP contribution in [0.5, 0.6) is 23.0 Å². The first-order valence-corrected chi connectivity index (χ1v) is 17.3. The number of amides is 4. The maximum atomic E-state index is 13.2. The number of aromatic nitrogens is 6. The summed E-state index contributed by atoms with van der Waals surface area (Å²) >= 11 is 0. The number of aryl methyl sites for hydroxylation is 4. The predicted octanol–water partition coefficient (Wildman–Crippen LogP) is 6.80. The molecule has 55 heavy (non-hydrogen) atoms. The molecule has 0 atom stereocenters. The summed E-state index contributed by atoms with van der Waals surface area (Å²) in [6.45, 7) is 11.2. The van der Waals surface area contributed by atoms with Gasteiger partial charge in [0.2, 0.25) is 0 Å². The highest BCUT2D eigenvalue weighted by Gasteiger charge is 2.40. The van der Waals surface area contributed by atoms with Crippen LogP contribution in [0.1, 0.15) is 89.2 Å². The first kappa shape index (κ1) is 34.8. The zero-order valence-corrected chi connectivity index (χ0v) is 30.6. The van der Waals surface area contributed by atoms with E-state index in [1.54, 1.807) is 64.1 Å². The number of hydrogen-bond donors (Lipinski definition) is 0. The summed E-state index contributed by atoms with van der Waals surface area (Å²) in [6, 6.07) is 24.8. The SMILES string of the molecule is Cc1nnc(N2C(=O)c3ccc(Oc4ccc(C(C)(C)c5ccc(Oc6ccc7c(c6)C(=O)N(c6nnc(C)c(C)n6)C7=O)cc5)cc4)cc3C2=O)nc1C. The van der Waals surface area contributed by atoms with Gasteiger partial charge in [0.1, 0.15) is 23.0 Å². The molecule has 6 aromatic rings. The number of anilines is 2. The molecule has 0 fully saturated rings. The lowest BCUT2D eigenvalue weighted by molar-refractivity contribution is 0.0907. The summed E-state index contributed by atoms with van der Waals surface area (Å²) in [7, 11) is 0. The topological polar surface area (TPSA) is 171 Å². The Morgan fingerprint density at radius 1 is 0.436 bits per heavy atom. The van der Waals surface area contributed by atoms with Crippen molar-refractivity contribution in [1.82, 2.24) is 30.4 Å². The van der Waals surface area contributed by atoms with Crippen molar-refractivity contribution in [2.24, 2.45) is 0 Å². The number of benzene rings is 4. The van der Waals surface area contributed by atoms with E-state index in [9.17, 15) is 19.2 Å². The zero-order chi connectivity index (χ0) is 38.8. The summed E-state index contributed by atoms with van der Waals surface area (Å²) in [4.78, 5) is 63.0. The molecule has 2 aliphatic heterocycles. The van der Waals surface area contributed by atoms with Crippen molar-refractivity contribution in [3.05, 3.63) is 141 Å². The Balaban J connectivity index is 0.936. The summed E-state index contributed by atoms with van der Waals surface area (Å²) in [6.07, 6.45) is 0. The molecule has 14 heteroatoms. The zero-order valence-electron chi connectivity index (χ0n) is 30.6. The lowest BCUT2D eigenvalue weighted by Crippen LogP contribution is -2.31. The number of carbonyl (C=O) groups is 4. The molecule has 272 valence electrons. The third kappa shape index (κ3) is 6.02. The van der Waals surface area contributed by atoms with E-state index in [0.717, 1.165) is 20.9 Å². The molecule has 2 aliphatic rings. The summed E-state index contributed by atoms with van der Waals surface area (Å²) in [5.41, 5.74) is 4.88. The van der Waals surface area contributed by atoms with Gasteiger partial charge in [-0.2, -0.15) is 10.2 Å². The van der Waals surface area contributed by atoms with Crippen LogP contribution >= 0.6 is 0 Å². The van der Waals surface area contributed by atoms with Crippen molar-refractivity contribution in [2.75, 3.05) is 9.80 Å². The Morgan fingerprint density at radius 2 is 0.782 bits per heavy atom. The van der Waals surface area contributed by atoms with Gasteiger partial charge in [-0.3, -0.25) is 19.2 Å². The second kappa shape index (κ2) is 13.0. The Morgan fingerprint density at radius 3 is 1.15 bits per heavy atom. The Kier molecular flexibility index (Phi) is 8.25. The molecule has 4 heterocycles. The fourth-order valence-corrected chi connectivity index (χ4v) is 6.33. The summed E-state index contributed by atoms with van der Waals surface area (Å²) < 4.78 is 12.2. The molecule has 2 aromatic heterocycles. The largest absolute Gasteiger partial charge is 0.457 e. The minimum absolute atomic E-state index is 0.0665. The number of rotatable bonds is 8. The number of fused-ring (bicyclic) bond motifs is 2. The van der Waals surface area contributed by atoms with Crippen LogP contribution in [0.25, 0.3) is 0 Å². The van der Waals surface area contributed by atoms with Crippen molar-refractivity contribution >= 4 is 35.5 Å². The second-order valence-electron chi connectivity index (χ2n) is 13.7. The molecule has 0 unspecified atom stereocenters. The van der Waals surface area contributed by atoms with E-state index >= 15 is 0 Å². The monoisotopic (exact) mass is 732 g/mol. The molecule has 0 saturated heterocycles. The maximum Gasteiger partial charge on any atom is 0.268 e. The minimum Gasteiger partial charge on any atom is -0.457 e. The molecular formula is C41H32N8O6. The first-order valence-electron chi connectivity index (χ1n) is 17.3. The quantitative estimate of drug-likeness (QED) is 0.150. The van der Waals surface area contributed by atoms with Crippen molar-refractivity contribution in [1.29, 1.82) is 0 Å². The van der Waals surface area contributed by atoms with Crippen LogP contribution in [0, 0.1) is 27.7 Å². The Bertz CT molecular complexity index is 2430. The number of imide groups is 2. The third-order valence-electron chi connectivity index (χ3n) is 9.90. The first-order chi connectivity index (χ1) is 26.3. The normalized spacial score (nSPS) is 13.7. The van der Waals surface area contributed by atoms with Gasteiger partial charge in [-0.15, -0.1) is 10.2 Å². The molecule has 0 spiro atoms. The standard InChI is InChI=1S/C41H32N8O6/c1-21-23(3)44-46-39(42-21)48-35(50)31-17-15-29(19-33(31)37(48)52)54-27-11-7-25(8-12-27)41(5,6)26-9-13-28(14-10-26)55-30-16-18-32-34(20-30)38(53)49(36(32)51)40-43-22(2)24(4)45-47-40/h7-20H,1-6H3. The number of carbonyl (C=O) groups excluding carboxylic acids is 4. The lowest BCUT2D eigenvalue weighted by atomic mass is 9.78. The van der Waals surface area contributed by atoms with Crippen molar-refractivity contribution in [3.8, 4) is 23.0 Å². The molecule has 0 saturated carbocycles. The van der Waals surface area contributed by atoms with E-state index in [1.165, 1.54) is 0 Å². The van der Waals surface area contributed by atoms with Gasteiger partial charge >= 0.3 is 0 Å². The smallest absolute Gasteiger partial charge is 0.268 e. The van der Waals surface area contributed by atoms with Gasteiger partial charge in [-0.1, -0.05) is 38.1 Å². The molecule has 8 rings (SSSR count). The number of ether oxygens (including phenoxy) is 2. The van der Waals surface area contributed by atoms with Crippen LogP contribution in [-0.2, 0) is 5.41 Å². The van der Waals surface area contributed by atoms with E-state index in [1.807, 2.05) is 48.5 Å².